The van der Waals surface area contributed by atoms with Crippen molar-refractivity contribution < 1.29 is 19.1 Å². The summed E-state index contributed by atoms with van der Waals surface area (Å²) < 4.78 is 14.5. The molecular formula is C41H51Cl2N7O4. The number of rotatable bonds is 13. The van der Waals surface area contributed by atoms with Crippen LogP contribution in [0.15, 0.2) is 72.9 Å². The molecule has 0 saturated carbocycles. The van der Waals surface area contributed by atoms with Crippen LogP contribution in [0.1, 0.15) is 50.6 Å². The Hall–Kier alpha value is -3.97. The number of ether oxygens (including phenoxy) is 2. The van der Waals surface area contributed by atoms with Crippen molar-refractivity contribution in [1.29, 1.82) is 0 Å². The third-order valence-electron chi connectivity index (χ3n) is 10.3. The molecule has 2 fully saturated rings. The van der Waals surface area contributed by atoms with Crippen molar-refractivity contribution in [1.82, 2.24) is 35.3 Å². The molecule has 3 atom stereocenters. The quantitative estimate of drug-likeness (QED) is 0.148. The number of halogens is 2. The number of carbonyl (C=O) groups is 2. The van der Waals surface area contributed by atoms with Crippen molar-refractivity contribution in [3.05, 3.63) is 99.9 Å². The van der Waals surface area contributed by atoms with Gasteiger partial charge in [-0.1, -0.05) is 41.4 Å². The number of carbonyl (C=O) groups excluding carboxylic acids is 2. The van der Waals surface area contributed by atoms with E-state index in [-0.39, 0.29) is 18.4 Å². The molecule has 3 N–H and O–H groups in total. The van der Waals surface area contributed by atoms with Gasteiger partial charge in [0.25, 0.3) is 0 Å². The molecular weight excluding hydrogens is 725 g/mol. The van der Waals surface area contributed by atoms with Gasteiger partial charge in [0.1, 0.15) is 29.1 Å². The summed E-state index contributed by atoms with van der Waals surface area (Å²) >= 11 is 12.6. The van der Waals surface area contributed by atoms with Gasteiger partial charge in [-0.2, -0.15) is 0 Å². The van der Waals surface area contributed by atoms with Crippen molar-refractivity contribution in [3.8, 4) is 22.8 Å². The lowest BCUT2D eigenvalue weighted by Crippen LogP contribution is -2.64. The zero-order valence-electron chi connectivity index (χ0n) is 31.9. The van der Waals surface area contributed by atoms with Crippen LogP contribution in [0.5, 0.6) is 11.5 Å². The van der Waals surface area contributed by atoms with Gasteiger partial charge in [0, 0.05) is 41.3 Å². The SMILES string of the molecule is CC(NCc1ccc(Cl)cc1Oc1ccc(-c2cnc(CN(C)C)n2C)cc1)C(=O)N1[C@H](C(=O)N[C@@]2(Cc3ccc(Cl)cc3)CCCNC2)COC1(C)C. The lowest BCUT2D eigenvalue weighted by molar-refractivity contribution is -0.151. The monoisotopic (exact) mass is 775 g/mol. The van der Waals surface area contributed by atoms with Crippen LogP contribution in [0.4, 0.5) is 0 Å². The van der Waals surface area contributed by atoms with E-state index in [1.807, 2.05) is 95.8 Å². The second kappa shape index (κ2) is 16.8. The molecule has 4 aromatic rings. The number of hydrogen-bond donors (Lipinski definition) is 3. The van der Waals surface area contributed by atoms with Gasteiger partial charge < -0.3 is 34.9 Å². The van der Waals surface area contributed by atoms with Crippen molar-refractivity contribution in [2.45, 2.75) is 76.5 Å². The van der Waals surface area contributed by atoms with E-state index in [4.69, 9.17) is 32.7 Å². The Bertz CT molecular complexity index is 1920. The van der Waals surface area contributed by atoms with Crippen LogP contribution in [-0.4, -0.2) is 88.3 Å². The molecule has 2 aliphatic rings. The van der Waals surface area contributed by atoms with Gasteiger partial charge in [-0.3, -0.25) is 14.5 Å². The summed E-state index contributed by atoms with van der Waals surface area (Å²) in [6.45, 7) is 8.14. The van der Waals surface area contributed by atoms with Crippen molar-refractivity contribution in [2.24, 2.45) is 7.05 Å². The molecule has 54 heavy (non-hydrogen) atoms. The molecule has 3 heterocycles. The van der Waals surface area contributed by atoms with Crippen molar-refractivity contribution in [3.63, 3.8) is 0 Å². The Balaban J connectivity index is 1.12. The number of piperidine rings is 1. The average molecular weight is 777 g/mol. The summed E-state index contributed by atoms with van der Waals surface area (Å²) in [5, 5.41) is 11.4. The van der Waals surface area contributed by atoms with E-state index in [9.17, 15) is 9.59 Å². The molecule has 2 aliphatic heterocycles. The molecule has 3 aromatic carbocycles. The van der Waals surface area contributed by atoms with Crippen LogP contribution in [-0.2, 0) is 40.9 Å². The predicted octanol–water partition coefficient (Wildman–Crippen LogP) is 6.17. The molecule has 13 heteroatoms. The summed E-state index contributed by atoms with van der Waals surface area (Å²) in [6.07, 6.45) is 4.27. The lowest BCUT2D eigenvalue weighted by atomic mass is 9.83. The Morgan fingerprint density at radius 1 is 1.07 bits per heavy atom. The van der Waals surface area contributed by atoms with Gasteiger partial charge in [-0.15, -0.1) is 0 Å². The molecule has 0 spiro atoms. The van der Waals surface area contributed by atoms with E-state index < -0.39 is 23.3 Å². The maximum Gasteiger partial charge on any atom is 0.245 e. The summed E-state index contributed by atoms with van der Waals surface area (Å²) in [6, 6.07) is 19.6. The summed E-state index contributed by atoms with van der Waals surface area (Å²) in [5.74, 6) is 1.74. The average Bonchev–Trinajstić information content (AvgIpc) is 3.66. The standard InChI is InChI=1S/C41H51Cl2N7O4/c1-27(39(52)50-35(25-53-40(50,2)3)38(51)47-41(18-7-19-44-26-41)21-28-8-13-31(42)14-9-28)45-22-30-10-15-32(43)20-36(30)54-33-16-11-29(12-17-33)34-23-46-37(49(34)6)24-48(4)5/h8-17,20,23,27,35,44-45H,7,18-19,21-22,24-26H2,1-6H3,(H,47,51)/t27?,35-,41+/m0/s1. The molecule has 288 valence electrons. The highest BCUT2D eigenvalue weighted by atomic mass is 35.5. The zero-order chi connectivity index (χ0) is 38.6. The molecule has 6 rings (SSSR count). The van der Waals surface area contributed by atoms with E-state index in [0.29, 0.717) is 41.1 Å². The maximum absolute atomic E-state index is 14.2. The van der Waals surface area contributed by atoms with Gasteiger partial charge in [0.2, 0.25) is 11.8 Å². The highest BCUT2D eigenvalue weighted by molar-refractivity contribution is 6.31. The van der Waals surface area contributed by atoms with E-state index in [0.717, 1.165) is 54.1 Å². The van der Waals surface area contributed by atoms with Crippen molar-refractivity contribution >= 4 is 35.0 Å². The number of nitrogens with zero attached hydrogens (tertiary/aromatic N) is 4. The highest BCUT2D eigenvalue weighted by Crippen LogP contribution is 2.33. The Morgan fingerprint density at radius 2 is 1.80 bits per heavy atom. The van der Waals surface area contributed by atoms with E-state index in [2.05, 4.69) is 30.4 Å². The van der Waals surface area contributed by atoms with Crippen LogP contribution >= 0.6 is 23.2 Å². The summed E-state index contributed by atoms with van der Waals surface area (Å²) in [7, 11) is 6.06. The Labute approximate surface area is 328 Å². The lowest BCUT2D eigenvalue weighted by Gasteiger charge is -2.41. The first-order chi connectivity index (χ1) is 25.7. The van der Waals surface area contributed by atoms with Crippen LogP contribution < -0.4 is 20.7 Å². The summed E-state index contributed by atoms with van der Waals surface area (Å²) in [5.41, 5.74) is 2.46. The topological polar surface area (TPSA) is 113 Å². The number of amides is 2. The summed E-state index contributed by atoms with van der Waals surface area (Å²) in [4.78, 5) is 36.5. The molecule has 11 nitrogen and oxygen atoms in total. The number of imidazole rings is 1. The zero-order valence-corrected chi connectivity index (χ0v) is 33.4. The highest BCUT2D eigenvalue weighted by Gasteiger charge is 2.49. The smallest absolute Gasteiger partial charge is 0.245 e. The minimum atomic E-state index is -0.979. The Morgan fingerprint density at radius 3 is 2.48 bits per heavy atom. The number of hydrogen-bond acceptors (Lipinski definition) is 8. The van der Waals surface area contributed by atoms with E-state index in [1.54, 1.807) is 24.0 Å². The second-order valence-corrected chi connectivity index (χ2v) is 16.0. The van der Waals surface area contributed by atoms with E-state index >= 15 is 0 Å². The molecule has 1 unspecified atom stereocenters. The first-order valence-electron chi connectivity index (χ1n) is 18.4. The van der Waals surface area contributed by atoms with Crippen LogP contribution in [0.3, 0.4) is 0 Å². The number of nitrogens with one attached hydrogen (secondary N) is 3. The molecule has 0 radical (unpaired) electrons. The minimum absolute atomic E-state index is 0.105. The van der Waals surface area contributed by atoms with Gasteiger partial charge in [0.15, 0.2) is 0 Å². The molecule has 2 saturated heterocycles. The largest absolute Gasteiger partial charge is 0.457 e. The predicted molar refractivity (Wildman–Crippen MR) is 213 cm³/mol. The second-order valence-electron chi connectivity index (χ2n) is 15.2. The molecule has 2 amide bonds. The maximum atomic E-state index is 14.2. The number of aromatic nitrogens is 2. The fourth-order valence-corrected chi connectivity index (χ4v) is 7.60. The third kappa shape index (κ3) is 9.27. The minimum Gasteiger partial charge on any atom is -0.457 e. The molecule has 0 bridgehead atoms. The van der Waals surface area contributed by atoms with E-state index in [1.165, 1.54) is 0 Å². The Kier molecular flexibility index (Phi) is 12.4. The van der Waals surface area contributed by atoms with Gasteiger partial charge in [0.05, 0.1) is 36.6 Å². The van der Waals surface area contributed by atoms with Crippen LogP contribution in [0.25, 0.3) is 11.3 Å². The van der Waals surface area contributed by atoms with Gasteiger partial charge >= 0.3 is 0 Å². The fourth-order valence-electron chi connectivity index (χ4n) is 7.32. The van der Waals surface area contributed by atoms with Gasteiger partial charge in [-0.05, 0) is 115 Å². The van der Waals surface area contributed by atoms with Crippen LogP contribution in [0, 0.1) is 0 Å². The first-order valence-corrected chi connectivity index (χ1v) is 19.2. The third-order valence-corrected chi connectivity index (χ3v) is 10.7. The normalized spacial score (nSPS) is 20.2. The van der Waals surface area contributed by atoms with Gasteiger partial charge in [-0.25, -0.2) is 4.98 Å². The first kappa shape index (κ1) is 39.7. The van der Waals surface area contributed by atoms with Crippen LogP contribution in [0.2, 0.25) is 10.0 Å². The molecule has 1 aromatic heterocycles. The molecule has 0 aliphatic carbocycles. The van der Waals surface area contributed by atoms with Crippen molar-refractivity contribution in [2.75, 3.05) is 33.8 Å². The number of benzene rings is 3. The fraction of sp³-hybridized carbons (Fsp3) is 0.439.